The molecular formula is C13H10N4O2. The largest absolute Gasteiger partial charge is 0.422 e. The average Bonchev–Trinajstić information content (AvgIpc) is 2.77. The van der Waals surface area contributed by atoms with Crippen molar-refractivity contribution in [3.8, 4) is 11.8 Å². The van der Waals surface area contributed by atoms with Crippen LogP contribution in [0.5, 0.6) is 11.8 Å². The zero-order valence-corrected chi connectivity index (χ0v) is 9.85. The summed E-state index contributed by atoms with van der Waals surface area (Å²) in [7, 11) is 0. The highest BCUT2D eigenvalue weighted by Gasteiger charge is 2.14. The second-order valence-corrected chi connectivity index (χ2v) is 3.86. The van der Waals surface area contributed by atoms with Gasteiger partial charge in [-0.1, -0.05) is 18.2 Å². The first kappa shape index (κ1) is 11.2. The molecule has 6 heteroatoms. The van der Waals surface area contributed by atoms with Gasteiger partial charge >= 0.3 is 6.03 Å². The van der Waals surface area contributed by atoms with Gasteiger partial charge < -0.3 is 10.5 Å². The van der Waals surface area contributed by atoms with Crippen LogP contribution < -0.4 is 10.5 Å². The maximum Gasteiger partial charge on any atom is 0.326 e. The molecule has 0 aliphatic heterocycles. The van der Waals surface area contributed by atoms with Crippen LogP contribution in [-0.2, 0) is 0 Å². The predicted octanol–water partition coefficient (Wildman–Crippen LogP) is 2.15. The van der Waals surface area contributed by atoms with Gasteiger partial charge in [-0.05, 0) is 6.07 Å². The van der Waals surface area contributed by atoms with Crippen molar-refractivity contribution >= 4 is 16.9 Å². The van der Waals surface area contributed by atoms with Crippen LogP contribution in [0, 0.1) is 0 Å². The predicted molar refractivity (Wildman–Crippen MR) is 69.0 cm³/mol. The van der Waals surface area contributed by atoms with E-state index in [4.69, 9.17) is 10.5 Å². The van der Waals surface area contributed by atoms with Crippen LogP contribution in [0.25, 0.3) is 10.9 Å². The summed E-state index contributed by atoms with van der Waals surface area (Å²) in [6, 6.07) is 10.1. The molecular weight excluding hydrogens is 244 g/mol. The van der Waals surface area contributed by atoms with E-state index >= 15 is 0 Å². The Balaban J connectivity index is 2.13. The van der Waals surface area contributed by atoms with Crippen molar-refractivity contribution in [2.75, 3.05) is 0 Å². The number of aromatic nitrogens is 3. The van der Waals surface area contributed by atoms with Crippen LogP contribution in [-0.4, -0.2) is 20.6 Å². The Kier molecular flexibility index (Phi) is 2.60. The number of nitrogens with two attached hydrogens (primary N) is 1. The lowest BCUT2D eigenvalue weighted by molar-refractivity contribution is 0.248. The molecule has 2 N–H and O–H groups in total. The number of para-hydroxylation sites is 1. The third-order valence-electron chi connectivity index (χ3n) is 2.66. The lowest BCUT2D eigenvalue weighted by Gasteiger charge is -2.06. The van der Waals surface area contributed by atoms with Crippen molar-refractivity contribution in [3.63, 3.8) is 0 Å². The van der Waals surface area contributed by atoms with E-state index in [0.717, 1.165) is 5.39 Å². The van der Waals surface area contributed by atoms with E-state index in [1.54, 1.807) is 24.4 Å². The Morgan fingerprint density at radius 3 is 2.84 bits per heavy atom. The second kappa shape index (κ2) is 4.41. The molecule has 1 aromatic carbocycles. The first-order valence-electron chi connectivity index (χ1n) is 5.60. The number of rotatable bonds is 2. The van der Waals surface area contributed by atoms with Gasteiger partial charge in [-0.2, -0.15) is 0 Å². The van der Waals surface area contributed by atoms with E-state index in [0.29, 0.717) is 17.3 Å². The minimum absolute atomic E-state index is 0.326. The highest BCUT2D eigenvalue weighted by molar-refractivity contribution is 5.93. The first-order chi connectivity index (χ1) is 9.25. The van der Waals surface area contributed by atoms with Gasteiger partial charge in [0.15, 0.2) is 0 Å². The molecule has 0 bridgehead atoms. The Bertz CT molecular complexity index is 737. The fourth-order valence-electron chi connectivity index (χ4n) is 1.88. The van der Waals surface area contributed by atoms with Crippen molar-refractivity contribution in [2.45, 2.75) is 0 Å². The highest BCUT2D eigenvalue weighted by atomic mass is 16.5. The third kappa shape index (κ3) is 1.99. The summed E-state index contributed by atoms with van der Waals surface area (Å²) in [5.74, 6) is 0.674. The number of amides is 1. The number of ether oxygens (including phenoxy) is 1. The molecule has 0 saturated heterocycles. The van der Waals surface area contributed by atoms with Crippen molar-refractivity contribution in [3.05, 3.63) is 48.9 Å². The molecule has 0 aliphatic rings. The zero-order valence-electron chi connectivity index (χ0n) is 9.85. The number of benzene rings is 1. The van der Waals surface area contributed by atoms with E-state index in [9.17, 15) is 4.79 Å². The number of primary amides is 1. The Hall–Kier alpha value is -2.89. The van der Waals surface area contributed by atoms with Crippen molar-refractivity contribution in [1.82, 2.24) is 14.5 Å². The van der Waals surface area contributed by atoms with Gasteiger partial charge in [-0.15, -0.1) is 0 Å². The molecule has 0 fully saturated rings. The zero-order chi connectivity index (χ0) is 13.2. The molecule has 3 aromatic rings. The lowest BCUT2D eigenvalue weighted by atomic mass is 10.2. The Labute approximate surface area is 108 Å². The summed E-state index contributed by atoms with van der Waals surface area (Å²) < 4.78 is 6.87. The number of hydrogen-bond acceptors (Lipinski definition) is 4. The summed E-state index contributed by atoms with van der Waals surface area (Å²) in [5, 5.41) is 0.866. The van der Waals surface area contributed by atoms with Crippen LogP contribution in [0.1, 0.15) is 0 Å². The molecule has 0 aliphatic carbocycles. The number of hydrogen-bond donors (Lipinski definition) is 1. The molecule has 6 nitrogen and oxygen atoms in total. The Morgan fingerprint density at radius 1 is 1.26 bits per heavy atom. The van der Waals surface area contributed by atoms with Crippen molar-refractivity contribution in [1.29, 1.82) is 0 Å². The number of carbonyl (C=O) groups excluding carboxylic acids is 1. The molecule has 0 spiro atoms. The first-order valence-corrected chi connectivity index (χ1v) is 5.60. The topological polar surface area (TPSA) is 83.0 Å². The van der Waals surface area contributed by atoms with E-state index in [1.165, 1.54) is 10.9 Å². The van der Waals surface area contributed by atoms with Crippen LogP contribution in [0.4, 0.5) is 4.79 Å². The second-order valence-electron chi connectivity index (χ2n) is 3.86. The van der Waals surface area contributed by atoms with Gasteiger partial charge in [0.2, 0.25) is 11.8 Å². The summed E-state index contributed by atoms with van der Waals surface area (Å²) in [6.45, 7) is 0. The van der Waals surface area contributed by atoms with Gasteiger partial charge in [-0.3, -0.25) is 0 Å². The van der Waals surface area contributed by atoms with Gasteiger partial charge in [0.1, 0.15) is 6.33 Å². The number of fused-ring (bicyclic) bond motifs is 1. The molecule has 2 heterocycles. The molecule has 0 unspecified atom stereocenters. The summed E-state index contributed by atoms with van der Waals surface area (Å²) in [4.78, 5) is 19.3. The van der Waals surface area contributed by atoms with Gasteiger partial charge in [0.25, 0.3) is 0 Å². The minimum atomic E-state index is -0.606. The average molecular weight is 254 g/mol. The Morgan fingerprint density at radius 2 is 2.11 bits per heavy atom. The third-order valence-corrected chi connectivity index (χ3v) is 2.66. The van der Waals surface area contributed by atoms with E-state index in [1.807, 2.05) is 18.2 Å². The number of nitrogens with zero attached hydrogens (tertiary/aromatic N) is 3. The molecule has 1 amide bonds. The quantitative estimate of drug-likeness (QED) is 0.759. The van der Waals surface area contributed by atoms with Gasteiger partial charge in [-0.25, -0.2) is 19.3 Å². The molecule has 0 atom stereocenters. The summed E-state index contributed by atoms with van der Waals surface area (Å²) >= 11 is 0. The molecule has 94 valence electrons. The normalized spacial score (nSPS) is 10.5. The van der Waals surface area contributed by atoms with E-state index in [2.05, 4.69) is 9.97 Å². The fourth-order valence-corrected chi connectivity index (χ4v) is 1.88. The van der Waals surface area contributed by atoms with Crippen molar-refractivity contribution in [2.24, 2.45) is 5.73 Å². The van der Waals surface area contributed by atoms with Crippen LogP contribution in [0.15, 0.2) is 48.9 Å². The standard InChI is InChI=1S/C13H10N4O2/c14-13(18)17-10-4-2-1-3-9(10)7-12(17)19-11-5-6-15-8-16-11/h1-8H,(H2,14,18). The molecule has 19 heavy (non-hydrogen) atoms. The maximum absolute atomic E-state index is 11.6. The minimum Gasteiger partial charge on any atom is -0.422 e. The fraction of sp³-hybridized carbons (Fsp3) is 0. The van der Waals surface area contributed by atoms with E-state index < -0.39 is 6.03 Å². The van der Waals surface area contributed by atoms with Crippen molar-refractivity contribution < 1.29 is 9.53 Å². The summed E-state index contributed by atoms with van der Waals surface area (Å²) in [5.41, 5.74) is 6.08. The van der Waals surface area contributed by atoms with Gasteiger partial charge in [0.05, 0.1) is 5.52 Å². The lowest BCUT2D eigenvalue weighted by Crippen LogP contribution is -2.19. The number of carbonyl (C=O) groups is 1. The van der Waals surface area contributed by atoms with Crippen LogP contribution in [0.2, 0.25) is 0 Å². The molecule has 3 rings (SSSR count). The van der Waals surface area contributed by atoms with E-state index in [-0.39, 0.29) is 0 Å². The smallest absolute Gasteiger partial charge is 0.326 e. The SMILES string of the molecule is NC(=O)n1c(Oc2ccncn2)cc2ccccc21. The highest BCUT2D eigenvalue weighted by Crippen LogP contribution is 2.27. The van der Waals surface area contributed by atoms with Crippen LogP contribution in [0.3, 0.4) is 0 Å². The monoisotopic (exact) mass is 254 g/mol. The summed E-state index contributed by atoms with van der Waals surface area (Å²) in [6.07, 6.45) is 2.92. The van der Waals surface area contributed by atoms with Gasteiger partial charge in [0, 0.05) is 23.7 Å². The molecule has 2 aromatic heterocycles. The maximum atomic E-state index is 11.6. The molecule has 0 saturated carbocycles. The molecule has 0 radical (unpaired) electrons. The van der Waals surface area contributed by atoms with Crippen LogP contribution >= 0.6 is 0 Å².